The lowest BCUT2D eigenvalue weighted by molar-refractivity contribution is 0.112. The van der Waals surface area contributed by atoms with E-state index >= 15 is 0 Å². The molecule has 0 aromatic carbocycles. The maximum absolute atomic E-state index is 12.6. The Kier molecular flexibility index (Phi) is 6.12. The molecule has 0 spiro atoms. The van der Waals surface area contributed by atoms with Crippen LogP contribution in [0, 0.1) is 0 Å². The normalized spacial score (nSPS) is 17.7. The van der Waals surface area contributed by atoms with E-state index in [-0.39, 0.29) is 19.3 Å². The zero-order chi connectivity index (χ0) is 13.6. The molecule has 1 aliphatic rings. The Balaban J connectivity index is 2.92. The molecule has 0 aromatic rings. The SMILES string of the molecule is CCOP(=O)(OCC)N(C(=O)O)C1CCCCC1. The standard InChI is InChI=1S/C11H22NO5P/c1-3-16-18(15,17-4-2)12(11(13)14)10-8-6-5-7-9-10/h10H,3-9H2,1-2H3,(H,13,14). The Morgan fingerprint density at radius 2 is 1.72 bits per heavy atom. The summed E-state index contributed by atoms with van der Waals surface area (Å²) < 4.78 is 23.7. The third kappa shape index (κ3) is 3.70. The minimum atomic E-state index is -3.72. The first-order valence-electron chi connectivity index (χ1n) is 6.47. The molecule has 1 amide bonds. The predicted molar refractivity (Wildman–Crippen MR) is 67.6 cm³/mol. The lowest BCUT2D eigenvalue weighted by atomic mass is 9.96. The van der Waals surface area contributed by atoms with E-state index in [1.54, 1.807) is 13.8 Å². The van der Waals surface area contributed by atoms with Crippen molar-refractivity contribution in [2.75, 3.05) is 13.2 Å². The summed E-state index contributed by atoms with van der Waals surface area (Å²) in [5, 5.41) is 9.31. The molecule has 1 fully saturated rings. The molecule has 106 valence electrons. The van der Waals surface area contributed by atoms with Crippen molar-refractivity contribution in [3.8, 4) is 0 Å². The van der Waals surface area contributed by atoms with Gasteiger partial charge in [-0.3, -0.25) is 9.05 Å². The molecule has 0 aromatic heterocycles. The molecule has 0 saturated heterocycles. The molecule has 1 aliphatic carbocycles. The Labute approximate surface area is 108 Å². The van der Waals surface area contributed by atoms with E-state index in [0.29, 0.717) is 0 Å². The van der Waals surface area contributed by atoms with Crippen molar-refractivity contribution in [3.05, 3.63) is 0 Å². The summed E-state index contributed by atoms with van der Waals surface area (Å²) in [4.78, 5) is 11.4. The highest BCUT2D eigenvalue weighted by Gasteiger charge is 2.42. The van der Waals surface area contributed by atoms with Crippen LogP contribution in [-0.4, -0.2) is 35.1 Å². The van der Waals surface area contributed by atoms with Crippen LogP contribution >= 0.6 is 7.75 Å². The van der Waals surface area contributed by atoms with Crippen LogP contribution in [0.5, 0.6) is 0 Å². The molecule has 0 atom stereocenters. The minimum Gasteiger partial charge on any atom is -0.465 e. The van der Waals surface area contributed by atoms with Crippen molar-refractivity contribution in [2.45, 2.75) is 52.0 Å². The molecule has 0 aliphatic heterocycles. The van der Waals surface area contributed by atoms with Gasteiger partial charge in [0.1, 0.15) is 0 Å². The number of carbonyl (C=O) groups is 1. The van der Waals surface area contributed by atoms with Gasteiger partial charge < -0.3 is 5.11 Å². The van der Waals surface area contributed by atoms with Crippen LogP contribution in [0.25, 0.3) is 0 Å². The lowest BCUT2D eigenvalue weighted by Gasteiger charge is -2.35. The predicted octanol–water partition coefficient (Wildman–Crippen LogP) is 3.48. The molecular formula is C11H22NO5P. The summed E-state index contributed by atoms with van der Waals surface area (Å²) >= 11 is 0. The highest BCUT2D eigenvalue weighted by molar-refractivity contribution is 7.52. The van der Waals surface area contributed by atoms with Crippen LogP contribution in [0.2, 0.25) is 0 Å². The molecule has 1 N–H and O–H groups in total. The van der Waals surface area contributed by atoms with Crippen molar-refractivity contribution in [1.82, 2.24) is 4.67 Å². The molecule has 0 bridgehead atoms. The van der Waals surface area contributed by atoms with Crippen LogP contribution in [-0.2, 0) is 13.6 Å². The van der Waals surface area contributed by atoms with E-state index in [1.165, 1.54) is 0 Å². The summed E-state index contributed by atoms with van der Waals surface area (Å²) in [6.07, 6.45) is 3.20. The average molecular weight is 279 g/mol. The van der Waals surface area contributed by atoms with Gasteiger partial charge in [0.15, 0.2) is 0 Å². The highest BCUT2D eigenvalue weighted by Crippen LogP contribution is 2.54. The summed E-state index contributed by atoms with van der Waals surface area (Å²) in [7, 11) is -3.72. The van der Waals surface area contributed by atoms with Gasteiger partial charge in [-0.05, 0) is 26.7 Å². The first kappa shape index (κ1) is 15.5. The zero-order valence-electron chi connectivity index (χ0n) is 11.0. The van der Waals surface area contributed by atoms with Crippen LogP contribution in [0.1, 0.15) is 46.0 Å². The summed E-state index contributed by atoms with van der Waals surface area (Å²) in [5.41, 5.74) is 0. The highest BCUT2D eigenvalue weighted by atomic mass is 31.2. The Hall–Kier alpha value is -0.580. The summed E-state index contributed by atoms with van der Waals surface area (Å²) in [6.45, 7) is 3.67. The van der Waals surface area contributed by atoms with Crippen molar-refractivity contribution >= 4 is 13.8 Å². The van der Waals surface area contributed by atoms with E-state index in [1.807, 2.05) is 0 Å². The molecule has 18 heavy (non-hydrogen) atoms. The van der Waals surface area contributed by atoms with E-state index in [2.05, 4.69) is 0 Å². The van der Waals surface area contributed by atoms with Gasteiger partial charge >= 0.3 is 13.8 Å². The number of rotatable bonds is 6. The maximum Gasteiger partial charge on any atom is 0.440 e. The van der Waals surface area contributed by atoms with Crippen LogP contribution in [0.4, 0.5) is 4.79 Å². The minimum absolute atomic E-state index is 0.160. The summed E-state index contributed by atoms with van der Waals surface area (Å²) in [6, 6.07) is -0.264. The monoisotopic (exact) mass is 279 g/mol. The van der Waals surface area contributed by atoms with Gasteiger partial charge in [-0.25, -0.2) is 14.0 Å². The van der Waals surface area contributed by atoms with Crippen molar-refractivity contribution in [1.29, 1.82) is 0 Å². The number of nitrogens with zero attached hydrogens (tertiary/aromatic N) is 1. The third-order valence-electron chi connectivity index (χ3n) is 2.96. The fourth-order valence-electron chi connectivity index (χ4n) is 2.27. The van der Waals surface area contributed by atoms with Crippen molar-refractivity contribution < 1.29 is 23.5 Å². The topological polar surface area (TPSA) is 76.1 Å². The van der Waals surface area contributed by atoms with E-state index in [4.69, 9.17) is 9.05 Å². The first-order valence-corrected chi connectivity index (χ1v) is 7.96. The molecule has 0 radical (unpaired) electrons. The Morgan fingerprint density at radius 1 is 1.22 bits per heavy atom. The van der Waals surface area contributed by atoms with E-state index < -0.39 is 13.8 Å². The second-order valence-corrected chi connectivity index (χ2v) is 6.11. The van der Waals surface area contributed by atoms with Gasteiger partial charge in [0.2, 0.25) is 0 Å². The van der Waals surface area contributed by atoms with Crippen molar-refractivity contribution in [2.24, 2.45) is 0 Å². The maximum atomic E-state index is 12.6. The Bertz CT molecular complexity index is 307. The van der Waals surface area contributed by atoms with Gasteiger partial charge in [0.05, 0.1) is 13.2 Å². The molecule has 1 rings (SSSR count). The van der Waals surface area contributed by atoms with Gasteiger partial charge in [-0.1, -0.05) is 19.3 Å². The zero-order valence-corrected chi connectivity index (χ0v) is 11.9. The number of amides is 1. The van der Waals surface area contributed by atoms with Crippen LogP contribution in [0.3, 0.4) is 0 Å². The van der Waals surface area contributed by atoms with E-state index in [0.717, 1.165) is 36.8 Å². The molecule has 0 heterocycles. The fraction of sp³-hybridized carbons (Fsp3) is 0.909. The van der Waals surface area contributed by atoms with E-state index in [9.17, 15) is 14.5 Å². The number of carboxylic acid groups (broad SMARTS) is 1. The van der Waals surface area contributed by atoms with Crippen molar-refractivity contribution in [3.63, 3.8) is 0 Å². The van der Waals surface area contributed by atoms with Gasteiger partial charge in [0, 0.05) is 6.04 Å². The first-order chi connectivity index (χ1) is 8.55. The smallest absolute Gasteiger partial charge is 0.440 e. The molecule has 0 unspecified atom stereocenters. The van der Waals surface area contributed by atoms with Gasteiger partial charge in [-0.2, -0.15) is 0 Å². The third-order valence-corrected chi connectivity index (χ3v) is 5.16. The average Bonchev–Trinajstić information content (AvgIpc) is 2.30. The lowest BCUT2D eigenvalue weighted by Crippen LogP contribution is -2.39. The number of hydrogen-bond donors (Lipinski definition) is 1. The van der Waals surface area contributed by atoms with Crippen LogP contribution < -0.4 is 0 Å². The molecule has 6 nitrogen and oxygen atoms in total. The second kappa shape index (κ2) is 7.12. The van der Waals surface area contributed by atoms with Gasteiger partial charge in [-0.15, -0.1) is 0 Å². The Morgan fingerprint density at radius 3 is 2.11 bits per heavy atom. The quantitative estimate of drug-likeness (QED) is 0.753. The van der Waals surface area contributed by atoms with Crippen LogP contribution in [0.15, 0.2) is 0 Å². The molecule has 7 heteroatoms. The molecule has 1 saturated carbocycles. The second-order valence-electron chi connectivity index (χ2n) is 4.22. The molecular weight excluding hydrogens is 257 g/mol. The van der Waals surface area contributed by atoms with Gasteiger partial charge in [0.25, 0.3) is 0 Å². The fourth-order valence-corrected chi connectivity index (χ4v) is 4.09. The summed E-state index contributed by atoms with van der Waals surface area (Å²) in [5.74, 6) is 0. The largest absolute Gasteiger partial charge is 0.465 e. The number of hydrogen-bond acceptors (Lipinski definition) is 4.